The molecule has 9 nitrogen and oxygen atoms in total. The summed E-state index contributed by atoms with van der Waals surface area (Å²) in [7, 11) is 1.48. The van der Waals surface area contributed by atoms with Gasteiger partial charge in [-0.3, -0.25) is 9.59 Å². The number of carbonyl (C=O) groups excluding carboxylic acids is 3. The van der Waals surface area contributed by atoms with Gasteiger partial charge in [-0.1, -0.05) is 18.1 Å². The number of nitrogens with zero attached hydrogens (tertiary/aromatic N) is 1. The van der Waals surface area contributed by atoms with Gasteiger partial charge in [-0.15, -0.1) is 6.42 Å². The third kappa shape index (κ3) is 5.79. The van der Waals surface area contributed by atoms with Gasteiger partial charge in [-0.2, -0.15) is 0 Å². The zero-order chi connectivity index (χ0) is 24.7. The number of urea groups is 1. The Morgan fingerprint density at radius 3 is 2.71 bits per heavy atom. The molecule has 1 aliphatic heterocycles. The minimum Gasteiger partial charge on any atom is -0.495 e. The van der Waals surface area contributed by atoms with Gasteiger partial charge in [0.15, 0.2) is 11.5 Å². The van der Waals surface area contributed by atoms with Crippen molar-refractivity contribution < 1.29 is 28.6 Å². The second kappa shape index (κ2) is 11.4. The van der Waals surface area contributed by atoms with Crippen LogP contribution in [0.5, 0.6) is 17.2 Å². The highest BCUT2D eigenvalue weighted by Crippen LogP contribution is 2.35. The van der Waals surface area contributed by atoms with Gasteiger partial charge < -0.3 is 24.8 Å². The van der Waals surface area contributed by atoms with Crippen molar-refractivity contribution in [1.29, 1.82) is 0 Å². The van der Waals surface area contributed by atoms with Crippen molar-refractivity contribution in [3.05, 3.63) is 51.2 Å². The van der Waals surface area contributed by atoms with E-state index < -0.39 is 24.4 Å². The molecule has 1 saturated heterocycles. The second-order valence-electron chi connectivity index (χ2n) is 6.88. The molecule has 2 aromatic rings. The van der Waals surface area contributed by atoms with Crippen molar-refractivity contribution in [3.8, 4) is 29.6 Å². The van der Waals surface area contributed by atoms with Crippen LogP contribution in [0.15, 0.2) is 42.1 Å². The topological polar surface area (TPSA) is 106 Å². The standard InChI is InChI=1S/C24H22IN3O6/c1-4-10-34-22-16(25)11-15(13-20(22)33-5-2)12-18-23(30)28(24(31)27-18)14-21(29)26-17-8-6-7-9-19(17)32-3/h1,6-9,11-13H,5,10,14H2,2-3H3,(H,26,29)(H,27,31)/b18-12+. The lowest BCUT2D eigenvalue weighted by Crippen LogP contribution is -2.38. The molecule has 0 bridgehead atoms. The summed E-state index contributed by atoms with van der Waals surface area (Å²) < 4.78 is 17.1. The average Bonchev–Trinajstić information content (AvgIpc) is 3.06. The van der Waals surface area contributed by atoms with Gasteiger partial charge in [0, 0.05) is 0 Å². The summed E-state index contributed by atoms with van der Waals surface area (Å²) in [6.07, 6.45) is 6.79. The van der Waals surface area contributed by atoms with Crippen molar-refractivity contribution in [2.75, 3.05) is 32.2 Å². The first-order chi connectivity index (χ1) is 16.4. The lowest BCUT2D eigenvalue weighted by Gasteiger charge is -2.14. The van der Waals surface area contributed by atoms with E-state index in [2.05, 4.69) is 39.1 Å². The number of terminal acetylenes is 1. The first-order valence-electron chi connectivity index (χ1n) is 10.2. The molecule has 1 fully saturated rings. The molecule has 0 aliphatic carbocycles. The van der Waals surface area contributed by atoms with Crippen LogP contribution in [0.4, 0.5) is 10.5 Å². The Kier molecular flexibility index (Phi) is 8.37. The van der Waals surface area contributed by atoms with Gasteiger partial charge in [-0.05, 0) is 65.4 Å². The molecule has 0 spiro atoms. The van der Waals surface area contributed by atoms with Gasteiger partial charge in [0.05, 0.1) is 23.0 Å². The molecule has 4 amide bonds. The third-order valence-corrected chi connectivity index (χ3v) is 5.39. The van der Waals surface area contributed by atoms with E-state index in [4.69, 9.17) is 20.6 Å². The maximum atomic E-state index is 12.8. The summed E-state index contributed by atoms with van der Waals surface area (Å²) in [6.45, 7) is 1.85. The number of rotatable bonds is 9. The fourth-order valence-electron chi connectivity index (χ4n) is 3.15. The number of carbonyl (C=O) groups is 3. The molecular weight excluding hydrogens is 553 g/mol. The third-order valence-electron chi connectivity index (χ3n) is 4.59. The quantitative estimate of drug-likeness (QED) is 0.206. The fourth-order valence-corrected chi connectivity index (χ4v) is 3.93. The molecular formula is C24H22IN3O6. The second-order valence-corrected chi connectivity index (χ2v) is 8.05. The highest BCUT2D eigenvalue weighted by Gasteiger charge is 2.35. The summed E-state index contributed by atoms with van der Waals surface area (Å²) >= 11 is 2.07. The van der Waals surface area contributed by atoms with Crippen LogP contribution < -0.4 is 24.8 Å². The maximum absolute atomic E-state index is 12.8. The Morgan fingerprint density at radius 2 is 2.00 bits per heavy atom. The number of hydrogen-bond donors (Lipinski definition) is 2. The normalized spacial score (nSPS) is 13.9. The van der Waals surface area contributed by atoms with Gasteiger partial charge in [0.1, 0.15) is 24.6 Å². The lowest BCUT2D eigenvalue weighted by molar-refractivity contribution is -0.127. The van der Waals surface area contributed by atoms with E-state index in [1.165, 1.54) is 13.2 Å². The van der Waals surface area contributed by atoms with Crippen molar-refractivity contribution in [3.63, 3.8) is 0 Å². The molecule has 34 heavy (non-hydrogen) atoms. The molecule has 3 rings (SSSR count). The number of nitrogens with one attached hydrogen (secondary N) is 2. The SMILES string of the molecule is C#CCOc1c(I)cc(/C=C2/NC(=O)N(CC(=O)Nc3ccccc3OC)C2=O)cc1OCC. The number of imide groups is 1. The van der Waals surface area contributed by atoms with E-state index in [1.807, 2.05) is 6.92 Å². The van der Waals surface area contributed by atoms with E-state index in [1.54, 1.807) is 36.4 Å². The smallest absolute Gasteiger partial charge is 0.329 e. The van der Waals surface area contributed by atoms with Crippen molar-refractivity contribution >= 4 is 52.2 Å². The van der Waals surface area contributed by atoms with Crippen LogP contribution in [-0.4, -0.2) is 49.6 Å². The van der Waals surface area contributed by atoms with Crippen molar-refractivity contribution in [2.45, 2.75) is 6.92 Å². The highest BCUT2D eigenvalue weighted by molar-refractivity contribution is 14.1. The Bertz CT molecular complexity index is 1190. The van der Waals surface area contributed by atoms with Crippen molar-refractivity contribution in [2.24, 2.45) is 0 Å². The van der Waals surface area contributed by atoms with Gasteiger partial charge in [0.25, 0.3) is 5.91 Å². The summed E-state index contributed by atoms with van der Waals surface area (Å²) in [4.78, 5) is 38.5. The summed E-state index contributed by atoms with van der Waals surface area (Å²) in [5.41, 5.74) is 1.07. The first-order valence-corrected chi connectivity index (χ1v) is 11.3. The Hall–Kier alpha value is -3.72. The minimum absolute atomic E-state index is 0.0330. The molecule has 0 radical (unpaired) electrons. The number of hydrogen-bond acceptors (Lipinski definition) is 6. The Morgan fingerprint density at radius 1 is 1.24 bits per heavy atom. The number of amides is 4. The van der Waals surface area contributed by atoms with E-state index in [0.717, 1.165) is 8.47 Å². The zero-order valence-corrected chi connectivity index (χ0v) is 20.7. The number of anilines is 1. The van der Waals surface area contributed by atoms with Crippen LogP contribution in [-0.2, 0) is 9.59 Å². The molecule has 10 heteroatoms. The van der Waals surface area contributed by atoms with Crippen LogP contribution in [0, 0.1) is 15.9 Å². The van der Waals surface area contributed by atoms with Crippen molar-refractivity contribution in [1.82, 2.24) is 10.2 Å². The van der Waals surface area contributed by atoms with Crippen LogP contribution in [0.25, 0.3) is 6.08 Å². The lowest BCUT2D eigenvalue weighted by atomic mass is 10.1. The summed E-state index contributed by atoms with van der Waals surface area (Å²) in [6, 6.07) is 9.58. The number of ether oxygens (including phenoxy) is 3. The first kappa shape index (κ1) is 24.9. The predicted molar refractivity (Wildman–Crippen MR) is 135 cm³/mol. The molecule has 0 unspecified atom stereocenters. The minimum atomic E-state index is -0.694. The fraction of sp³-hybridized carbons (Fsp3) is 0.208. The number of benzene rings is 2. The predicted octanol–water partition coefficient (Wildman–Crippen LogP) is 3.24. The average molecular weight is 575 g/mol. The molecule has 1 aliphatic rings. The Balaban J connectivity index is 1.78. The van der Waals surface area contributed by atoms with E-state index in [0.29, 0.717) is 35.1 Å². The molecule has 2 N–H and O–H groups in total. The molecule has 0 atom stereocenters. The molecule has 176 valence electrons. The van der Waals surface area contributed by atoms with Gasteiger partial charge in [-0.25, -0.2) is 9.69 Å². The summed E-state index contributed by atoms with van der Waals surface area (Å²) in [5.74, 6) is 2.66. The van der Waals surface area contributed by atoms with Crippen LogP contribution >= 0.6 is 22.6 Å². The summed E-state index contributed by atoms with van der Waals surface area (Å²) in [5, 5.41) is 5.15. The highest BCUT2D eigenvalue weighted by atomic mass is 127. The van der Waals surface area contributed by atoms with E-state index in [-0.39, 0.29) is 12.3 Å². The van der Waals surface area contributed by atoms with Crippen LogP contribution in [0.1, 0.15) is 12.5 Å². The number of para-hydroxylation sites is 2. The number of methoxy groups -OCH3 is 1. The molecule has 1 heterocycles. The van der Waals surface area contributed by atoms with Crippen LogP contribution in [0.2, 0.25) is 0 Å². The van der Waals surface area contributed by atoms with Gasteiger partial charge >= 0.3 is 6.03 Å². The maximum Gasteiger partial charge on any atom is 0.329 e. The molecule has 0 saturated carbocycles. The van der Waals surface area contributed by atoms with E-state index >= 15 is 0 Å². The molecule has 2 aromatic carbocycles. The van der Waals surface area contributed by atoms with Crippen LogP contribution in [0.3, 0.4) is 0 Å². The zero-order valence-electron chi connectivity index (χ0n) is 18.5. The largest absolute Gasteiger partial charge is 0.495 e. The molecule has 0 aromatic heterocycles. The number of halogens is 1. The Labute approximate surface area is 210 Å². The monoisotopic (exact) mass is 575 g/mol. The van der Waals surface area contributed by atoms with E-state index in [9.17, 15) is 14.4 Å². The van der Waals surface area contributed by atoms with Gasteiger partial charge in [0.2, 0.25) is 5.91 Å².